The molecule has 0 aliphatic heterocycles. The highest BCUT2D eigenvalue weighted by Gasteiger charge is 2.27. The molecule has 0 aliphatic carbocycles. The molecule has 1 rings (SSSR count). The van der Waals surface area contributed by atoms with Crippen LogP contribution in [0.25, 0.3) is 0 Å². The van der Waals surface area contributed by atoms with Gasteiger partial charge in [-0.1, -0.05) is 26.8 Å². The molecule has 20 heavy (non-hydrogen) atoms. The van der Waals surface area contributed by atoms with Gasteiger partial charge in [0.2, 0.25) is 0 Å². The maximum atomic E-state index is 9.61. The van der Waals surface area contributed by atoms with Gasteiger partial charge in [-0.05, 0) is 30.2 Å². The third-order valence-corrected chi connectivity index (χ3v) is 3.58. The van der Waals surface area contributed by atoms with Gasteiger partial charge >= 0.3 is 0 Å². The van der Waals surface area contributed by atoms with E-state index in [4.69, 9.17) is 9.47 Å². The van der Waals surface area contributed by atoms with Crippen LogP contribution in [0.2, 0.25) is 0 Å². The van der Waals surface area contributed by atoms with E-state index in [1.807, 2.05) is 25.2 Å². The second kappa shape index (κ2) is 6.95. The molecule has 0 aromatic heterocycles. The smallest absolute Gasteiger partial charge is 0.161 e. The van der Waals surface area contributed by atoms with Crippen LogP contribution in [0.15, 0.2) is 18.2 Å². The Kier molecular flexibility index (Phi) is 5.84. The van der Waals surface area contributed by atoms with Gasteiger partial charge in [-0.25, -0.2) is 0 Å². The lowest BCUT2D eigenvalue weighted by molar-refractivity contribution is 0.0614. The first-order valence-electron chi connectivity index (χ1n) is 6.85. The maximum Gasteiger partial charge on any atom is 0.161 e. The molecule has 0 radical (unpaired) electrons. The summed E-state index contributed by atoms with van der Waals surface area (Å²) in [5.74, 6) is 1.46. The average molecular weight is 281 g/mol. The molecule has 0 aliphatic rings. The number of aliphatic hydroxyl groups excluding tert-OH is 1. The second-order valence-electron chi connectivity index (χ2n) is 6.17. The predicted molar refractivity (Wildman–Crippen MR) is 81.3 cm³/mol. The van der Waals surface area contributed by atoms with E-state index in [0.717, 1.165) is 23.6 Å². The van der Waals surface area contributed by atoms with E-state index in [2.05, 4.69) is 25.7 Å². The number of benzene rings is 1. The van der Waals surface area contributed by atoms with Gasteiger partial charge in [-0.2, -0.15) is 0 Å². The summed E-state index contributed by atoms with van der Waals surface area (Å²) in [6.07, 6.45) is 0. The number of rotatable bonds is 6. The van der Waals surface area contributed by atoms with E-state index in [9.17, 15) is 5.11 Å². The number of hydrogen-bond acceptors (Lipinski definition) is 4. The van der Waals surface area contributed by atoms with E-state index >= 15 is 0 Å². The Morgan fingerprint density at radius 2 is 1.75 bits per heavy atom. The van der Waals surface area contributed by atoms with Crippen molar-refractivity contribution < 1.29 is 14.6 Å². The second-order valence-corrected chi connectivity index (χ2v) is 6.17. The standard InChI is InChI=1S/C16H27NO3/c1-16(2,3)15(11-18)17(4)10-12-7-8-13(19-5)14(9-12)20-6/h7-9,15,18H,10-11H2,1-6H3. The van der Waals surface area contributed by atoms with Crippen molar-refractivity contribution in [3.63, 3.8) is 0 Å². The zero-order chi connectivity index (χ0) is 15.3. The predicted octanol–water partition coefficient (Wildman–Crippen LogP) is 2.54. The summed E-state index contributed by atoms with van der Waals surface area (Å²) < 4.78 is 10.6. The van der Waals surface area contributed by atoms with Gasteiger partial charge in [-0.3, -0.25) is 4.90 Å². The van der Waals surface area contributed by atoms with Crippen molar-refractivity contribution in [2.24, 2.45) is 5.41 Å². The molecule has 0 amide bonds. The van der Waals surface area contributed by atoms with Crippen LogP contribution in [-0.2, 0) is 6.54 Å². The van der Waals surface area contributed by atoms with Crippen LogP contribution in [0, 0.1) is 5.41 Å². The molecule has 1 atom stereocenters. The Bertz CT molecular complexity index is 426. The number of nitrogens with zero attached hydrogens (tertiary/aromatic N) is 1. The molecule has 1 aromatic rings. The van der Waals surface area contributed by atoms with E-state index in [0.29, 0.717) is 0 Å². The molecule has 0 spiro atoms. The number of methoxy groups -OCH3 is 2. The lowest BCUT2D eigenvalue weighted by Gasteiger charge is -2.36. The van der Waals surface area contributed by atoms with Crippen LogP contribution in [0.1, 0.15) is 26.3 Å². The number of hydrogen-bond donors (Lipinski definition) is 1. The van der Waals surface area contributed by atoms with Crippen LogP contribution >= 0.6 is 0 Å². The summed E-state index contributed by atoms with van der Waals surface area (Å²) in [6, 6.07) is 6.02. The number of aliphatic hydroxyl groups is 1. The first kappa shape index (κ1) is 16.8. The molecule has 0 saturated carbocycles. The van der Waals surface area contributed by atoms with Crippen LogP contribution in [-0.4, -0.2) is 43.9 Å². The quantitative estimate of drug-likeness (QED) is 0.870. The van der Waals surface area contributed by atoms with Gasteiger partial charge in [0, 0.05) is 12.6 Å². The molecule has 0 bridgehead atoms. The zero-order valence-electron chi connectivity index (χ0n) is 13.4. The van der Waals surface area contributed by atoms with Crippen LogP contribution in [0.4, 0.5) is 0 Å². The van der Waals surface area contributed by atoms with Crippen molar-refractivity contribution in [1.29, 1.82) is 0 Å². The first-order valence-corrected chi connectivity index (χ1v) is 6.85. The monoisotopic (exact) mass is 281 g/mol. The van der Waals surface area contributed by atoms with Gasteiger partial charge < -0.3 is 14.6 Å². The summed E-state index contributed by atoms with van der Waals surface area (Å²) in [5, 5.41) is 9.61. The number of likely N-dealkylation sites (N-methyl/N-ethyl adjacent to an activating group) is 1. The highest BCUT2D eigenvalue weighted by Crippen LogP contribution is 2.29. The molecule has 114 valence electrons. The molecular weight excluding hydrogens is 254 g/mol. The third kappa shape index (κ3) is 4.12. The molecule has 1 aromatic carbocycles. The molecule has 1 N–H and O–H groups in total. The Hall–Kier alpha value is -1.26. The van der Waals surface area contributed by atoms with E-state index in [1.165, 1.54) is 0 Å². The van der Waals surface area contributed by atoms with Crippen molar-refractivity contribution in [2.75, 3.05) is 27.9 Å². The van der Waals surface area contributed by atoms with Crippen molar-refractivity contribution >= 4 is 0 Å². The average Bonchev–Trinajstić information content (AvgIpc) is 2.37. The zero-order valence-corrected chi connectivity index (χ0v) is 13.4. The summed E-state index contributed by atoms with van der Waals surface area (Å²) in [7, 11) is 5.30. The van der Waals surface area contributed by atoms with Crippen LogP contribution in [0.5, 0.6) is 11.5 Å². The maximum absolute atomic E-state index is 9.61. The van der Waals surface area contributed by atoms with E-state index in [-0.39, 0.29) is 18.1 Å². The highest BCUT2D eigenvalue weighted by atomic mass is 16.5. The number of ether oxygens (including phenoxy) is 2. The summed E-state index contributed by atoms with van der Waals surface area (Å²) >= 11 is 0. The normalized spacial score (nSPS) is 13.4. The van der Waals surface area contributed by atoms with Gasteiger partial charge in [0.05, 0.1) is 20.8 Å². The van der Waals surface area contributed by atoms with Crippen molar-refractivity contribution in [3.05, 3.63) is 23.8 Å². The van der Waals surface area contributed by atoms with Crippen LogP contribution in [0.3, 0.4) is 0 Å². The van der Waals surface area contributed by atoms with Gasteiger partial charge in [-0.15, -0.1) is 0 Å². The lowest BCUT2D eigenvalue weighted by atomic mass is 9.86. The third-order valence-electron chi connectivity index (χ3n) is 3.58. The Morgan fingerprint density at radius 1 is 1.15 bits per heavy atom. The topological polar surface area (TPSA) is 41.9 Å². The SMILES string of the molecule is COc1ccc(CN(C)C(CO)C(C)(C)C)cc1OC. The largest absolute Gasteiger partial charge is 0.493 e. The van der Waals surface area contributed by atoms with Crippen LogP contribution < -0.4 is 9.47 Å². The van der Waals surface area contributed by atoms with Crippen molar-refractivity contribution in [3.8, 4) is 11.5 Å². The van der Waals surface area contributed by atoms with Crippen molar-refractivity contribution in [1.82, 2.24) is 4.90 Å². The molecule has 0 saturated heterocycles. The van der Waals surface area contributed by atoms with E-state index in [1.54, 1.807) is 14.2 Å². The Balaban J connectivity index is 2.87. The molecule has 1 unspecified atom stereocenters. The minimum Gasteiger partial charge on any atom is -0.493 e. The molecule has 4 heteroatoms. The fraction of sp³-hybridized carbons (Fsp3) is 0.625. The summed E-state index contributed by atoms with van der Waals surface area (Å²) in [6.45, 7) is 7.31. The lowest BCUT2D eigenvalue weighted by Crippen LogP contribution is -2.43. The summed E-state index contributed by atoms with van der Waals surface area (Å²) in [4.78, 5) is 2.17. The highest BCUT2D eigenvalue weighted by molar-refractivity contribution is 5.42. The molecule has 4 nitrogen and oxygen atoms in total. The fourth-order valence-corrected chi connectivity index (χ4v) is 2.45. The van der Waals surface area contributed by atoms with Gasteiger partial charge in [0.15, 0.2) is 11.5 Å². The first-order chi connectivity index (χ1) is 9.33. The minimum absolute atomic E-state index is 0.0278. The Morgan fingerprint density at radius 3 is 2.20 bits per heavy atom. The van der Waals surface area contributed by atoms with Crippen molar-refractivity contribution in [2.45, 2.75) is 33.4 Å². The molecule has 0 fully saturated rings. The summed E-state index contributed by atoms with van der Waals surface area (Å²) in [5.41, 5.74) is 1.16. The minimum atomic E-state index is 0.0278. The Labute approximate surface area is 122 Å². The molecule has 0 heterocycles. The van der Waals surface area contributed by atoms with E-state index < -0.39 is 0 Å². The fourth-order valence-electron chi connectivity index (χ4n) is 2.45. The van der Waals surface area contributed by atoms with Gasteiger partial charge in [0.1, 0.15) is 0 Å². The van der Waals surface area contributed by atoms with Gasteiger partial charge in [0.25, 0.3) is 0 Å². The molecular formula is C16H27NO3.